The highest BCUT2D eigenvalue weighted by atomic mass is 32.1. The molecular formula is C14H13NO3S. The number of aliphatic carboxylic acids is 1. The summed E-state index contributed by atoms with van der Waals surface area (Å²) in [4.78, 5) is 23.1. The van der Waals surface area contributed by atoms with Gasteiger partial charge in [-0.1, -0.05) is 18.2 Å². The van der Waals surface area contributed by atoms with E-state index < -0.39 is 12.0 Å². The first-order valence-corrected chi connectivity index (χ1v) is 6.71. The lowest BCUT2D eigenvalue weighted by Crippen LogP contribution is -2.42. The maximum atomic E-state index is 11.9. The Morgan fingerprint density at radius 1 is 1.21 bits per heavy atom. The fourth-order valence-corrected chi connectivity index (χ4v) is 2.36. The predicted molar refractivity (Wildman–Crippen MR) is 73.4 cm³/mol. The Morgan fingerprint density at radius 3 is 2.53 bits per heavy atom. The Balaban J connectivity index is 2.05. The Kier molecular flexibility index (Phi) is 4.30. The summed E-state index contributed by atoms with van der Waals surface area (Å²) in [5.41, 5.74) is 1.37. The van der Waals surface area contributed by atoms with E-state index in [0.29, 0.717) is 5.56 Å². The number of thiophene rings is 1. The molecule has 19 heavy (non-hydrogen) atoms. The molecule has 2 aromatic rings. The van der Waals surface area contributed by atoms with Gasteiger partial charge in [0.15, 0.2) is 0 Å². The first-order chi connectivity index (χ1) is 9.16. The number of carbonyl (C=O) groups is 2. The van der Waals surface area contributed by atoms with Crippen molar-refractivity contribution in [1.82, 2.24) is 5.32 Å². The van der Waals surface area contributed by atoms with E-state index in [4.69, 9.17) is 5.11 Å². The van der Waals surface area contributed by atoms with Crippen molar-refractivity contribution in [1.29, 1.82) is 0 Å². The van der Waals surface area contributed by atoms with Gasteiger partial charge in [-0.15, -0.1) is 0 Å². The van der Waals surface area contributed by atoms with E-state index in [1.807, 2.05) is 16.8 Å². The topological polar surface area (TPSA) is 66.4 Å². The molecule has 0 saturated carbocycles. The number of carboxylic acids is 1. The van der Waals surface area contributed by atoms with Crippen LogP contribution in [-0.4, -0.2) is 23.0 Å². The number of carbonyl (C=O) groups excluding carboxylic acids is 1. The van der Waals surface area contributed by atoms with Crippen LogP contribution in [0, 0.1) is 0 Å². The highest BCUT2D eigenvalue weighted by Crippen LogP contribution is 2.09. The zero-order chi connectivity index (χ0) is 13.7. The first kappa shape index (κ1) is 13.3. The van der Waals surface area contributed by atoms with Crippen molar-refractivity contribution in [3.05, 3.63) is 58.3 Å². The number of rotatable bonds is 5. The van der Waals surface area contributed by atoms with Crippen LogP contribution in [-0.2, 0) is 11.2 Å². The third-order valence-corrected chi connectivity index (χ3v) is 3.39. The van der Waals surface area contributed by atoms with Crippen LogP contribution in [0.1, 0.15) is 15.9 Å². The third-order valence-electron chi connectivity index (χ3n) is 2.66. The number of benzene rings is 1. The van der Waals surface area contributed by atoms with Gasteiger partial charge in [0.05, 0.1) is 0 Å². The number of carboxylic acid groups (broad SMARTS) is 1. The van der Waals surface area contributed by atoms with Gasteiger partial charge in [-0.2, -0.15) is 11.3 Å². The van der Waals surface area contributed by atoms with Crippen LogP contribution < -0.4 is 5.32 Å². The summed E-state index contributed by atoms with van der Waals surface area (Å²) in [6.07, 6.45) is 0.289. The van der Waals surface area contributed by atoms with Crippen molar-refractivity contribution in [3.63, 3.8) is 0 Å². The molecule has 98 valence electrons. The zero-order valence-electron chi connectivity index (χ0n) is 10.1. The largest absolute Gasteiger partial charge is 0.480 e. The minimum absolute atomic E-state index is 0.289. The molecule has 1 heterocycles. The summed E-state index contributed by atoms with van der Waals surface area (Å²) in [5.74, 6) is -1.40. The zero-order valence-corrected chi connectivity index (χ0v) is 10.9. The van der Waals surface area contributed by atoms with E-state index in [1.54, 1.807) is 30.3 Å². The molecule has 4 nitrogen and oxygen atoms in total. The molecule has 1 atom stereocenters. The highest BCUT2D eigenvalue weighted by Gasteiger charge is 2.21. The van der Waals surface area contributed by atoms with Gasteiger partial charge in [0.1, 0.15) is 6.04 Å². The summed E-state index contributed by atoms with van der Waals surface area (Å²) >= 11 is 1.50. The van der Waals surface area contributed by atoms with Gasteiger partial charge in [0, 0.05) is 12.0 Å². The minimum Gasteiger partial charge on any atom is -0.480 e. The van der Waals surface area contributed by atoms with Crippen LogP contribution >= 0.6 is 11.3 Å². The van der Waals surface area contributed by atoms with Crippen molar-refractivity contribution in [3.8, 4) is 0 Å². The Morgan fingerprint density at radius 2 is 1.95 bits per heavy atom. The molecule has 5 heteroatoms. The molecule has 1 aromatic heterocycles. The molecule has 2 N–H and O–H groups in total. The monoisotopic (exact) mass is 275 g/mol. The van der Waals surface area contributed by atoms with E-state index >= 15 is 0 Å². The van der Waals surface area contributed by atoms with Crippen molar-refractivity contribution < 1.29 is 14.7 Å². The molecule has 0 aliphatic carbocycles. The van der Waals surface area contributed by atoms with Crippen molar-refractivity contribution in [2.45, 2.75) is 12.5 Å². The fraction of sp³-hybridized carbons (Fsp3) is 0.143. The average Bonchev–Trinajstić information content (AvgIpc) is 2.91. The van der Waals surface area contributed by atoms with E-state index in [2.05, 4.69) is 5.32 Å². The van der Waals surface area contributed by atoms with Gasteiger partial charge in [-0.25, -0.2) is 4.79 Å². The molecule has 0 aliphatic heterocycles. The van der Waals surface area contributed by atoms with E-state index in [0.717, 1.165) is 5.56 Å². The van der Waals surface area contributed by atoms with E-state index in [1.165, 1.54) is 11.3 Å². The van der Waals surface area contributed by atoms with E-state index in [-0.39, 0.29) is 12.3 Å². The summed E-state index contributed by atoms with van der Waals surface area (Å²) < 4.78 is 0. The van der Waals surface area contributed by atoms with Gasteiger partial charge in [0.25, 0.3) is 5.91 Å². The third kappa shape index (κ3) is 3.66. The Bertz CT molecular complexity index is 551. The van der Waals surface area contributed by atoms with Crippen LogP contribution in [0.25, 0.3) is 0 Å². The maximum Gasteiger partial charge on any atom is 0.326 e. The van der Waals surface area contributed by atoms with Crippen molar-refractivity contribution in [2.24, 2.45) is 0 Å². The molecule has 0 spiro atoms. The van der Waals surface area contributed by atoms with E-state index in [9.17, 15) is 9.59 Å². The molecule has 0 fully saturated rings. The molecule has 0 radical (unpaired) electrons. The smallest absolute Gasteiger partial charge is 0.326 e. The fourth-order valence-electron chi connectivity index (χ4n) is 1.68. The lowest BCUT2D eigenvalue weighted by Gasteiger charge is -2.13. The van der Waals surface area contributed by atoms with Crippen LogP contribution in [0.2, 0.25) is 0 Å². The second kappa shape index (κ2) is 6.15. The summed E-state index contributed by atoms with van der Waals surface area (Å²) in [5, 5.41) is 15.5. The summed E-state index contributed by atoms with van der Waals surface area (Å²) in [7, 11) is 0. The normalized spacial score (nSPS) is 11.8. The van der Waals surface area contributed by atoms with Crippen LogP contribution in [0.4, 0.5) is 0 Å². The van der Waals surface area contributed by atoms with Crippen LogP contribution in [0.5, 0.6) is 0 Å². The van der Waals surface area contributed by atoms with Crippen LogP contribution in [0.15, 0.2) is 47.2 Å². The number of hydrogen-bond donors (Lipinski definition) is 2. The molecule has 0 bridgehead atoms. The quantitative estimate of drug-likeness (QED) is 0.879. The second-order valence-electron chi connectivity index (χ2n) is 4.07. The first-order valence-electron chi connectivity index (χ1n) is 5.76. The molecule has 1 unspecified atom stereocenters. The minimum atomic E-state index is -1.03. The van der Waals surface area contributed by atoms with Crippen molar-refractivity contribution >= 4 is 23.2 Å². The SMILES string of the molecule is O=C(NC(Cc1ccsc1)C(=O)O)c1ccccc1. The van der Waals surface area contributed by atoms with Gasteiger partial charge in [0.2, 0.25) is 0 Å². The molecular weight excluding hydrogens is 262 g/mol. The number of amides is 1. The predicted octanol–water partition coefficient (Wildman–Crippen LogP) is 2.17. The standard InChI is InChI=1S/C14H13NO3S/c16-13(11-4-2-1-3-5-11)15-12(14(17)18)8-10-6-7-19-9-10/h1-7,9,12H,8H2,(H,15,16)(H,17,18). The second-order valence-corrected chi connectivity index (χ2v) is 4.85. The van der Waals surface area contributed by atoms with Crippen molar-refractivity contribution in [2.75, 3.05) is 0 Å². The maximum absolute atomic E-state index is 11.9. The summed E-state index contributed by atoms with van der Waals surface area (Å²) in [6.45, 7) is 0. The lowest BCUT2D eigenvalue weighted by atomic mass is 10.1. The molecule has 1 amide bonds. The molecule has 1 aromatic carbocycles. The Hall–Kier alpha value is -2.14. The average molecular weight is 275 g/mol. The Labute approximate surface area is 114 Å². The van der Waals surface area contributed by atoms with Gasteiger partial charge in [-0.05, 0) is 34.5 Å². The molecule has 0 aliphatic rings. The molecule has 2 rings (SSSR count). The number of nitrogens with one attached hydrogen (secondary N) is 1. The summed E-state index contributed by atoms with van der Waals surface area (Å²) in [6, 6.07) is 9.53. The highest BCUT2D eigenvalue weighted by molar-refractivity contribution is 7.07. The lowest BCUT2D eigenvalue weighted by molar-refractivity contribution is -0.139. The van der Waals surface area contributed by atoms with Gasteiger partial charge in [-0.3, -0.25) is 4.79 Å². The molecule has 0 saturated heterocycles. The van der Waals surface area contributed by atoms with Gasteiger partial charge >= 0.3 is 5.97 Å². The van der Waals surface area contributed by atoms with Gasteiger partial charge < -0.3 is 10.4 Å². The number of hydrogen-bond acceptors (Lipinski definition) is 3. The van der Waals surface area contributed by atoms with Crippen LogP contribution in [0.3, 0.4) is 0 Å².